The summed E-state index contributed by atoms with van der Waals surface area (Å²) >= 11 is 3.39. The van der Waals surface area contributed by atoms with Crippen molar-refractivity contribution < 1.29 is 4.79 Å². The second kappa shape index (κ2) is 4.94. The fourth-order valence-corrected chi connectivity index (χ4v) is 2.43. The van der Waals surface area contributed by atoms with Crippen LogP contribution in [0.4, 0.5) is 5.69 Å². The van der Waals surface area contributed by atoms with E-state index in [9.17, 15) is 4.79 Å². The van der Waals surface area contributed by atoms with Gasteiger partial charge in [0.1, 0.15) is 0 Å². The Bertz CT molecular complexity index is 620. The van der Waals surface area contributed by atoms with Crippen molar-refractivity contribution in [2.24, 2.45) is 0 Å². The minimum Gasteiger partial charge on any atom is -0.399 e. The van der Waals surface area contributed by atoms with E-state index in [0.29, 0.717) is 11.3 Å². The number of ketones is 1. The molecule has 0 aliphatic heterocycles. The molecule has 0 bridgehead atoms. The Balaban J connectivity index is 2.51. The number of benzene rings is 2. The SMILES string of the molecule is Cc1cccc(C(=O)c2ccc(N)cc2Br)c1C. The first-order valence-electron chi connectivity index (χ1n) is 5.66. The van der Waals surface area contributed by atoms with E-state index in [1.54, 1.807) is 18.2 Å². The Kier molecular flexibility index (Phi) is 3.53. The summed E-state index contributed by atoms with van der Waals surface area (Å²) < 4.78 is 0.730. The highest BCUT2D eigenvalue weighted by molar-refractivity contribution is 9.10. The van der Waals surface area contributed by atoms with Gasteiger partial charge in [-0.3, -0.25) is 4.79 Å². The number of nitrogen functional groups attached to an aromatic ring is 1. The lowest BCUT2D eigenvalue weighted by Gasteiger charge is -2.09. The predicted octanol–water partition coefficient (Wildman–Crippen LogP) is 3.88. The average Bonchev–Trinajstić information content (AvgIpc) is 2.32. The Morgan fingerprint density at radius 1 is 1.11 bits per heavy atom. The summed E-state index contributed by atoms with van der Waals surface area (Å²) in [6.07, 6.45) is 0. The van der Waals surface area contributed by atoms with Gasteiger partial charge in [0, 0.05) is 21.3 Å². The molecule has 0 heterocycles. The van der Waals surface area contributed by atoms with Gasteiger partial charge in [0.05, 0.1) is 0 Å². The Hall–Kier alpha value is -1.61. The molecular formula is C15H14BrNO. The van der Waals surface area contributed by atoms with Crippen molar-refractivity contribution in [1.82, 2.24) is 0 Å². The number of carbonyl (C=O) groups is 1. The molecule has 0 spiro atoms. The molecule has 2 aromatic rings. The van der Waals surface area contributed by atoms with Crippen LogP contribution in [0.3, 0.4) is 0 Å². The largest absolute Gasteiger partial charge is 0.399 e. The molecule has 0 aromatic heterocycles. The summed E-state index contributed by atoms with van der Waals surface area (Å²) in [5.41, 5.74) is 9.83. The van der Waals surface area contributed by atoms with Gasteiger partial charge in [-0.2, -0.15) is 0 Å². The summed E-state index contributed by atoms with van der Waals surface area (Å²) in [7, 11) is 0. The molecule has 0 amide bonds. The summed E-state index contributed by atoms with van der Waals surface area (Å²) in [6.45, 7) is 3.97. The van der Waals surface area contributed by atoms with Gasteiger partial charge in [0.25, 0.3) is 0 Å². The standard InChI is InChI=1S/C15H14BrNO/c1-9-4-3-5-12(10(9)2)15(18)13-7-6-11(17)8-14(13)16/h3-8H,17H2,1-2H3. The third kappa shape index (κ3) is 2.31. The maximum Gasteiger partial charge on any atom is 0.194 e. The number of hydrogen-bond acceptors (Lipinski definition) is 2. The van der Waals surface area contributed by atoms with E-state index in [1.807, 2.05) is 32.0 Å². The van der Waals surface area contributed by atoms with Crippen molar-refractivity contribution in [3.05, 3.63) is 63.1 Å². The molecule has 0 fully saturated rings. The third-order valence-corrected chi connectivity index (χ3v) is 3.74. The minimum atomic E-state index is 0.0167. The van der Waals surface area contributed by atoms with Gasteiger partial charge in [-0.1, -0.05) is 18.2 Å². The molecule has 0 radical (unpaired) electrons. The average molecular weight is 304 g/mol. The first kappa shape index (κ1) is 12.8. The van der Waals surface area contributed by atoms with E-state index in [1.165, 1.54) is 0 Å². The predicted molar refractivity (Wildman–Crippen MR) is 77.9 cm³/mol. The summed E-state index contributed by atoms with van der Waals surface area (Å²) in [6, 6.07) is 11.0. The quantitative estimate of drug-likeness (QED) is 0.676. The van der Waals surface area contributed by atoms with Crippen molar-refractivity contribution in [1.29, 1.82) is 0 Å². The van der Waals surface area contributed by atoms with Crippen molar-refractivity contribution in [2.75, 3.05) is 5.73 Å². The first-order chi connectivity index (χ1) is 8.50. The van der Waals surface area contributed by atoms with E-state index >= 15 is 0 Å². The van der Waals surface area contributed by atoms with Crippen LogP contribution in [0.25, 0.3) is 0 Å². The molecule has 18 heavy (non-hydrogen) atoms. The van der Waals surface area contributed by atoms with E-state index in [2.05, 4.69) is 15.9 Å². The van der Waals surface area contributed by atoms with Gasteiger partial charge >= 0.3 is 0 Å². The molecule has 2 aromatic carbocycles. The van der Waals surface area contributed by atoms with Crippen LogP contribution in [-0.4, -0.2) is 5.78 Å². The highest BCUT2D eigenvalue weighted by Crippen LogP contribution is 2.24. The van der Waals surface area contributed by atoms with Crippen LogP contribution in [0.5, 0.6) is 0 Å². The second-order valence-electron chi connectivity index (χ2n) is 4.32. The molecule has 0 saturated heterocycles. The zero-order chi connectivity index (χ0) is 13.3. The molecule has 2 rings (SSSR count). The lowest BCUT2D eigenvalue weighted by atomic mass is 9.96. The van der Waals surface area contributed by atoms with Crippen molar-refractivity contribution in [3.8, 4) is 0 Å². The molecule has 2 nitrogen and oxygen atoms in total. The van der Waals surface area contributed by atoms with Crippen molar-refractivity contribution in [2.45, 2.75) is 13.8 Å². The molecule has 0 atom stereocenters. The maximum absolute atomic E-state index is 12.5. The molecule has 2 N–H and O–H groups in total. The number of aryl methyl sites for hydroxylation is 1. The first-order valence-corrected chi connectivity index (χ1v) is 6.46. The number of halogens is 1. The van der Waals surface area contributed by atoms with E-state index in [0.717, 1.165) is 21.2 Å². The van der Waals surface area contributed by atoms with Gasteiger partial charge < -0.3 is 5.73 Å². The summed E-state index contributed by atoms with van der Waals surface area (Å²) in [5, 5.41) is 0. The Morgan fingerprint density at radius 3 is 2.50 bits per heavy atom. The third-order valence-electron chi connectivity index (χ3n) is 3.09. The topological polar surface area (TPSA) is 43.1 Å². The lowest BCUT2D eigenvalue weighted by Crippen LogP contribution is -2.06. The fraction of sp³-hybridized carbons (Fsp3) is 0.133. The summed E-state index contributed by atoms with van der Waals surface area (Å²) in [4.78, 5) is 12.5. The van der Waals surface area contributed by atoms with E-state index in [-0.39, 0.29) is 5.78 Å². The van der Waals surface area contributed by atoms with Crippen molar-refractivity contribution in [3.63, 3.8) is 0 Å². The zero-order valence-electron chi connectivity index (χ0n) is 10.3. The highest BCUT2D eigenvalue weighted by Gasteiger charge is 2.15. The van der Waals surface area contributed by atoms with E-state index < -0.39 is 0 Å². The van der Waals surface area contributed by atoms with Crippen molar-refractivity contribution >= 4 is 27.4 Å². The fourth-order valence-electron chi connectivity index (χ4n) is 1.86. The van der Waals surface area contributed by atoms with Crippen LogP contribution in [0.15, 0.2) is 40.9 Å². The molecule has 0 saturated carbocycles. The molecular weight excluding hydrogens is 290 g/mol. The van der Waals surface area contributed by atoms with E-state index in [4.69, 9.17) is 5.73 Å². The van der Waals surface area contributed by atoms with Gasteiger partial charge in [-0.25, -0.2) is 0 Å². The molecule has 92 valence electrons. The van der Waals surface area contributed by atoms with Gasteiger partial charge in [0.15, 0.2) is 5.78 Å². The number of hydrogen-bond donors (Lipinski definition) is 1. The number of rotatable bonds is 2. The van der Waals surface area contributed by atoms with Gasteiger partial charge in [0.2, 0.25) is 0 Å². The minimum absolute atomic E-state index is 0.0167. The second-order valence-corrected chi connectivity index (χ2v) is 5.17. The highest BCUT2D eigenvalue weighted by atomic mass is 79.9. The van der Waals surface area contributed by atoms with Gasteiger partial charge in [-0.05, 0) is 59.1 Å². The van der Waals surface area contributed by atoms with Crippen LogP contribution in [0, 0.1) is 13.8 Å². The number of anilines is 1. The molecule has 0 unspecified atom stereocenters. The molecule has 0 aliphatic rings. The van der Waals surface area contributed by atoms with Crippen LogP contribution in [0.1, 0.15) is 27.0 Å². The normalized spacial score (nSPS) is 10.4. The van der Waals surface area contributed by atoms with Crippen LogP contribution in [0.2, 0.25) is 0 Å². The Labute approximate surface area is 115 Å². The zero-order valence-corrected chi connectivity index (χ0v) is 11.9. The maximum atomic E-state index is 12.5. The van der Waals surface area contributed by atoms with Crippen LogP contribution >= 0.6 is 15.9 Å². The number of carbonyl (C=O) groups excluding carboxylic acids is 1. The van der Waals surface area contributed by atoms with Crippen LogP contribution < -0.4 is 5.73 Å². The van der Waals surface area contributed by atoms with Gasteiger partial charge in [-0.15, -0.1) is 0 Å². The van der Waals surface area contributed by atoms with Crippen LogP contribution in [-0.2, 0) is 0 Å². The monoisotopic (exact) mass is 303 g/mol. The molecule has 3 heteroatoms. The lowest BCUT2D eigenvalue weighted by molar-refractivity contribution is 0.103. The summed E-state index contributed by atoms with van der Waals surface area (Å²) in [5.74, 6) is 0.0167. The smallest absolute Gasteiger partial charge is 0.194 e. The Morgan fingerprint density at radius 2 is 1.83 bits per heavy atom. The number of nitrogens with two attached hydrogens (primary N) is 1. The molecule has 0 aliphatic carbocycles.